The Morgan fingerprint density at radius 3 is 2.93 bits per heavy atom. The Morgan fingerprint density at radius 1 is 1.37 bits per heavy atom. The van der Waals surface area contributed by atoms with Crippen molar-refractivity contribution in [2.24, 2.45) is 11.8 Å². The van der Waals surface area contributed by atoms with Gasteiger partial charge >= 0.3 is 5.97 Å². The molecule has 5 atom stereocenters. The van der Waals surface area contributed by atoms with E-state index in [9.17, 15) is 9.90 Å². The van der Waals surface area contributed by atoms with Gasteiger partial charge < -0.3 is 24.4 Å². The lowest BCUT2D eigenvalue weighted by Gasteiger charge is -2.33. The van der Waals surface area contributed by atoms with Gasteiger partial charge in [-0.25, -0.2) is 9.78 Å². The van der Waals surface area contributed by atoms with Gasteiger partial charge in [-0.05, 0) is 48.9 Å². The van der Waals surface area contributed by atoms with Crippen molar-refractivity contribution in [1.82, 2.24) is 4.98 Å². The molecule has 162 valence electrons. The summed E-state index contributed by atoms with van der Waals surface area (Å²) in [5.41, 5.74) is 2.31. The Kier molecular flexibility index (Phi) is 6.38. The highest BCUT2D eigenvalue weighted by atomic mass is 32.1. The number of carboxylic acid groups (broad SMARTS) is 1. The molecule has 2 aromatic rings. The van der Waals surface area contributed by atoms with Crippen LogP contribution in [0.2, 0.25) is 0 Å². The maximum atomic E-state index is 11.1. The zero-order chi connectivity index (χ0) is 21.3. The third-order valence-corrected chi connectivity index (χ3v) is 7.11. The number of aromatic carboxylic acids is 1. The molecule has 2 heterocycles. The number of aromatic nitrogens is 1. The van der Waals surface area contributed by atoms with Crippen LogP contribution in [-0.2, 0) is 16.1 Å². The number of aryl methyl sites for hydroxylation is 1. The number of ether oxygens (including phenoxy) is 3. The zero-order valence-electron chi connectivity index (χ0n) is 17.1. The van der Waals surface area contributed by atoms with Gasteiger partial charge in [-0.1, -0.05) is 6.07 Å². The highest BCUT2D eigenvalue weighted by Gasteiger charge is 2.47. The number of benzene rings is 1. The van der Waals surface area contributed by atoms with Gasteiger partial charge in [0.1, 0.15) is 16.9 Å². The Morgan fingerprint density at radius 2 is 2.20 bits per heavy atom. The van der Waals surface area contributed by atoms with E-state index in [1.54, 1.807) is 12.5 Å². The molecule has 1 aromatic carbocycles. The number of thiazole rings is 1. The first-order chi connectivity index (χ1) is 14.5. The van der Waals surface area contributed by atoms with Crippen LogP contribution >= 0.6 is 11.3 Å². The fourth-order valence-corrected chi connectivity index (χ4v) is 5.38. The summed E-state index contributed by atoms with van der Waals surface area (Å²) in [5.74, 6) is -0.0145. The molecule has 1 aromatic heterocycles. The summed E-state index contributed by atoms with van der Waals surface area (Å²) in [6, 6.07) is 5.96. The third-order valence-electron chi connectivity index (χ3n) is 6.18. The van der Waals surface area contributed by atoms with Crippen molar-refractivity contribution >= 4 is 17.3 Å². The number of rotatable bonds is 7. The van der Waals surface area contributed by atoms with Gasteiger partial charge in [0, 0.05) is 24.8 Å². The molecular formula is C22H27NO6S. The fourth-order valence-electron chi connectivity index (χ4n) is 4.52. The van der Waals surface area contributed by atoms with E-state index in [4.69, 9.17) is 19.3 Å². The molecular weight excluding hydrogens is 406 g/mol. The van der Waals surface area contributed by atoms with Gasteiger partial charge in [-0.2, -0.15) is 0 Å². The number of aliphatic hydroxyl groups excluding tert-OH is 1. The largest absolute Gasteiger partial charge is 0.493 e. The van der Waals surface area contributed by atoms with Crippen molar-refractivity contribution in [2.75, 3.05) is 13.7 Å². The van der Waals surface area contributed by atoms with E-state index in [1.807, 2.05) is 25.1 Å². The van der Waals surface area contributed by atoms with Crippen molar-refractivity contribution in [2.45, 2.75) is 51.1 Å². The Balaban J connectivity index is 1.38. The van der Waals surface area contributed by atoms with Crippen LogP contribution in [0.1, 0.15) is 52.0 Å². The Bertz CT molecular complexity index is 900. The lowest BCUT2D eigenvalue weighted by molar-refractivity contribution is -0.0811. The molecule has 0 spiro atoms. The minimum atomic E-state index is -1.02. The van der Waals surface area contributed by atoms with E-state index in [1.165, 1.54) is 11.3 Å². The van der Waals surface area contributed by atoms with Crippen molar-refractivity contribution in [3.05, 3.63) is 45.4 Å². The van der Waals surface area contributed by atoms with E-state index in [0.717, 1.165) is 29.7 Å². The Labute approximate surface area is 179 Å². The monoisotopic (exact) mass is 433 g/mol. The summed E-state index contributed by atoms with van der Waals surface area (Å²) in [4.78, 5) is 15.3. The third kappa shape index (κ3) is 4.37. The smallest absolute Gasteiger partial charge is 0.355 e. The number of carboxylic acids is 1. The first kappa shape index (κ1) is 21.2. The van der Waals surface area contributed by atoms with E-state index in [0.29, 0.717) is 24.6 Å². The van der Waals surface area contributed by atoms with Crippen molar-refractivity contribution in [1.29, 1.82) is 0 Å². The van der Waals surface area contributed by atoms with Gasteiger partial charge in [0.15, 0.2) is 5.69 Å². The topological polar surface area (TPSA) is 98.1 Å². The molecule has 2 fully saturated rings. The number of hydrogen-bond acceptors (Lipinski definition) is 7. The lowest BCUT2D eigenvalue weighted by atomic mass is 9.87. The number of methoxy groups -OCH3 is 1. The molecule has 2 N–H and O–H groups in total. The van der Waals surface area contributed by atoms with Crippen LogP contribution in [0.25, 0.3) is 0 Å². The van der Waals surface area contributed by atoms with Crippen molar-refractivity contribution in [3.63, 3.8) is 0 Å². The summed E-state index contributed by atoms with van der Waals surface area (Å²) >= 11 is 1.32. The first-order valence-corrected chi connectivity index (χ1v) is 11.1. The molecule has 0 unspecified atom stereocenters. The van der Waals surface area contributed by atoms with Crippen LogP contribution in [0.15, 0.2) is 23.6 Å². The molecule has 0 bridgehead atoms. The van der Waals surface area contributed by atoms with Crippen LogP contribution in [0.5, 0.6) is 5.75 Å². The second kappa shape index (κ2) is 9.01. The summed E-state index contributed by atoms with van der Waals surface area (Å²) < 4.78 is 17.5. The number of aliphatic hydroxyl groups is 1. The molecule has 30 heavy (non-hydrogen) atoms. The van der Waals surface area contributed by atoms with Gasteiger partial charge in [-0.3, -0.25) is 0 Å². The number of fused-ring (bicyclic) bond motifs is 1. The van der Waals surface area contributed by atoms with E-state index >= 15 is 0 Å². The van der Waals surface area contributed by atoms with Crippen LogP contribution in [0.3, 0.4) is 0 Å². The van der Waals surface area contributed by atoms with E-state index in [2.05, 4.69) is 4.98 Å². The summed E-state index contributed by atoms with van der Waals surface area (Å²) in [5, 5.41) is 22.0. The van der Waals surface area contributed by atoms with Crippen LogP contribution in [0, 0.1) is 18.8 Å². The highest BCUT2D eigenvalue weighted by Crippen LogP contribution is 2.46. The molecule has 2 aliphatic rings. The van der Waals surface area contributed by atoms with Gasteiger partial charge in [-0.15, -0.1) is 11.3 Å². The Hall–Kier alpha value is -2.00. The van der Waals surface area contributed by atoms with Gasteiger partial charge in [0.25, 0.3) is 0 Å². The highest BCUT2D eigenvalue weighted by molar-refractivity contribution is 7.09. The zero-order valence-corrected chi connectivity index (χ0v) is 17.9. The second-order valence-electron chi connectivity index (χ2n) is 8.08. The fraction of sp³-hybridized carbons (Fsp3) is 0.545. The normalized spacial score (nSPS) is 28.3. The minimum Gasteiger partial charge on any atom is -0.493 e. The standard InChI is InChI=1S/C22H27NO6S/c1-12-3-4-14(7-13(12)9-27-2)28-10-16-15-5-6-19(29-20(15)8-18(16)24)21-23-17(11-30-21)22(25)26/h3-4,7,11,15-16,18-20,24H,5-6,8-10H2,1-2H3,(H,25,26)/t15-,16-,18+,19-,20+/m1/s1. The molecule has 7 nitrogen and oxygen atoms in total. The van der Waals surface area contributed by atoms with Gasteiger partial charge in [0.2, 0.25) is 0 Å². The lowest BCUT2D eigenvalue weighted by Crippen LogP contribution is -2.33. The quantitative estimate of drug-likeness (QED) is 0.688. The first-order valence-electron chi connectivity index (χ1n) is 10.2. The molecule has 1 saturated heterocycles. The molecule has 1 saturated carbocycles. The summed E-state index contributed by atoms with van der Waals surface area (Å²) in [6.45, 7) is 3.02. The average Bonchev–Trinajstić information content (AvgIpc) is 3.33. The molecule has 4 rings (SSSR count). The van der Waals surface area contributed by atoms with Crippen molar-refractivity contribution in [3.8, 4) is 5.75 Å². The maximum Gasteiger partial charge on any atom is 0.355 e. The van der Waals surface area contributed by atoms with E-state index < -0.39 is 12.1 Å². The number of nitrogens with zero attached hydrogens (tertiary/aromatic N) is 1. The van der Waals surface area contributed by atoms with Crippen LogP contribution < -0.4 is 4.74 Å². The number of carbonyl (C=O) groups is 1. The van der Waals surface area contributed by atoms with E-state index in [-0.39, 0.29) is 29.7 Å². The predicted octanol–water partition coefficient (Wildman–Crippen LogP) is 3.59. The van der Waals surface area contributed by atoms with Gasteiger partial charge in [0.05, 0.1) is 25.4 Å². The molecule has 0 radical (unpaired) electrons. The summed E-state index contributed by atoms with van der Waals surface area (Å²) in [6.07, 6.45) is 1.48. The second-order valence-corrected chi connectivity index (χ2v) is 8.97. The van der Waals surface area contributed by atoms with Crippen LogP contribution in [-0.4, -0.2) is 47.1 Å². The predicted molar refractivity (Wildman–Crippen MR) is 111 cm³/mol. The molecule has 1 aliphatic carbocycles. The summed E-state index contributed by atoms with van der Waals surface area (Å²) in [7, 11) is 1.67. The van der Waals surface area contributed by atoms with Crippen LogP contribution in [0.4, 0.5) is 0 Å². The maximum absolute atomic E-state index is 11.1. The SMILES string of the molecule is COCc1cc(OC[C@@H]2[C@H]3CC[C@H](c4nc(C(=O)O)cs4)O[C@H]3C[C@@H]2O)ccc1C. The molecule has 1 aliphatic heterocycles. The molecule has 8 heteroatoms. The van der Waals surface area contributed by atoms with Crippen molar-refractivity contribution < 1.29 is 29.2 Å². The molecule has 0 amide bonds. The average molecular weight is 434 g/mol. The minimum absolute atomic E-state index is 0.00834. The number of hydrogen-bond donors (Lipinski definition) is 2.